The summed E-state index contributed by atoms with van der Waals surface area (Å²) >= 11 is 0. The van der Waals surface area contributed by atoms with Gasteiger partial charge in [0.05, 0.1) is 6.10 Å². The molecule has 7 heteroatoms. The van der Waals surface area contributed by atoms with Gasteiger partial charge < -0.3 is 20.2 Å². The average molecular weight is 477 g/mol. The van der Waals surface area contributed by atoms with Crippen molar-refractivity contribution in [3.63, 3.8) is 0 Å². The van der Waals surface area contributed by atoms with Crippen LogP contribution in [-0.2, 0) is 17.8 Å². The molecule has 0 spiro atoms. The van der Waals surface area contributed by atoms with Crippen LogP contribution >= 0.6 is 0 Å². The molecule has 3 aliphatic rings. The van der Waals surface area contributed by atoms with Gasteiger partial charge in [-0.2, -0.15) is 0 Å². The van der Waals surface area contributed by atoms with Crippen LogP contribution in [-0.4, -0.2) is 82.5 Å². The maximum Gasteiger partial charge on any atom is 0.254 e. The van der Waals surface area contributed by atoms with E-state index in [1.807, 2.05) is 29.2 Å². The Morgan fingerprint density at radius 2 is 1.66 bits per heavy atom. The third-order valence-corrected chi connectivity index (χ3v) is 7.88. The zero-order valence-corrected chi connectivity index (χ0v) is 20.5. The van der Waals surface area contributed by atoms with Crippen LogP contribution in [0, 0.1) is 0 Å². The molecule has 2 unspecified atom stereocenters. The van der Waals surface area contributed by atoms with Crippen LogP contribution in [0.1, 0.15) is 47.7 Å². The zero-order valence-electron chi connectivity index (χ0n) is 20.5. The van der Waals surface area contributed by atoms with E-state index in [9.17, 15) is 14.7 Å². The second-order valence-corrected chi connectivity index (χ2v) is 10.2. The highest BCUT2D eigenvalue weighted by Crippen LogP contribution is 2.26. The number of aliphatic hydroxyl groups excluding tert-OH is 1. The molecule has 2 atom stereocenters. The quantitative estimate of drug-likeness (QED) is 0.710. The van der Waals surface area contributed by atoms with Crippen LogP contribution < -0.4 is 5.32 Å². The Morgan fingerprint density at radius 1 is 0.914 bits per heavy atom. The van der Waals surface area contributed by atoms with Gasteiger partial charge in [-0.25, -0.2) is 0 Å². The van der Waals surface area contributed by atoms with Crippen molar-refractivity contribution in [1.82, 2.24) is 14.7 Å². The van der Waals surface area contributed by atoms with Crippen molar-refractivity contribution >= 4 is 17.5 Å². The van der Waals surface area contributed by atoms with Gasteiger partial charge in [-0.3, -0.25) is 14.5 Å². The summed E-state index contributed by atoms with van der Waals surface area (Å²) in [6, 6.07) is 16.6. The second kappa shape index (κ2) is 10.4. The fourth-order valence-electron chi connectivity index (χ4n) is 5.83. The van der Waals surface area contributed by atoms with Gasteiger partial charge in [-0.15, -0.1) is 0 Å². The Labute approximate surface area is 207 Å². The SMILES string of the molecule is CC(=O)N1CCC(Nc2cccc(C(=O)N3CCC(N4CCc5ccccc5C4)C(O)C3)c2)CC1. The summed E-state index contributed by atoms with van der Waals surface area (Å²) in [5, 5.41) is 14.5. The monoisotopic (exact) mass is 476 g/mol. The highest BCUT2D eigenvalue weighted by molar-refractivity contribution is 5.95. The fourth-order valence-corrected chi connectivity index (χ4v) is 5.83. The molecule has 2 N–H and O–H groups in total. The summed E-state index contributed by atoms with van der Waals surface area (Å²) in [7, 11) is 0. The van der Waals surface area contributed by atoms with Crippen molar-refractivity contribution in [1.29, 1.82) is 0 Å². The number of aliphatic hydroxyl groups is 1. The third kappa shape index (κ3) is 5.36. The normalized spacial score (nSPS) is 23.6. The minimum Gasteiger partial charge on any atom is -0.390 e. The van der Waals surface area contributed by atoms with Gasteiger partial charge in [-0.05, 0) is 55.0 Å². The number of rotatable bonds is 4. The highest BCUT2D eigenvalue weighted by atomic mass is 16.3. The van der Waals surface area contributed by atoms with Crippen molar-refractivity contribution in [2.24, 2.45) is 0 Å². The molecule has 5 rings (SSSR count). The largest absolute Gasteiger partial charge is 0.390 e. The van der Waals surface area contributed by atoms with E-state index in [1.165, 1.54) is 11.1 Å². The number of anilines is 1. The lowest BCUT2D eigenvalue weighted by atomic mass is 9.94. The number of nitrogens with one attached hydrogen (secondary N) is 1. The molecule has 0 radical (unpaired) electrons. The fraction of sp³-hybridized carbons (Fsp3) is 0.500. The van der Waals surface area contributed by atoms with E-state index < -0.39 is 6.10 Å². The molecule has 2 fully saturated rings. The van der Waals surface area contributed by atoms with Crippen molar-refractivity contribution in [2.45, 2.75) is 57.3 Å². The summed E-state index contributed by atoms with van der Waals surface area (Å²) in [5.74, 6) is 0.105. The lowest BCUT2D eigenvalue weighted by Gasteiger charge is -2.43. The topological polar surface area (TPSA) is 76.1 Å². The van der Waals surface area contributed by atoms with Crippen molar-refractivity contribution in [2.75, 3.05) is 38.0 Å². The van der Waals surface area contributed by atoms with Gasteiger partial charge in [0.15, 0.2) is 0 Å². The van der Waals surface area contributed by atoms with E-state index in [-0.39, 0.29) is 17.9 Å². The van der Waals surface area contributed by atoms with Gasteiger partial charge in [0.1, 0.15) is 0 Å². The van der Waals surface area contributed by atoms with E-state index in [2.05, 4.69) is 34.5 Å². The second-order valence-electron chi connectivity index (χ2n) is 10.2. The van der Waals surface area contributed by atoms with Gasteiger partial charge in [0.2, 0.25) is 5.91 Å². The molecule has 2 amide bonds. The van der Waals surface area contributed by atoms with Crippen LogP contribution in [0.2, 0.25) is 0 Å². The zero-order chi connectivity index (χ0) is 24.4. The maximum atomic E-state index is 13.3. The number of carbonyl (C=O) groups excluding carboxylic acids is 2. The molecule has 186 valence electrons. The minimum atomic E-state index is -0.550. The van der Waals surface area contributed by atoms with Crippen LogP contribution in [0.25, 0.3) is 0 Å². The predicted molar refractivity (Wildman–Crippen MR) is 136 cm³/mol. The minimum absolute atomic E-state index is 0.0264. The Bertz CT molecular complexity index is 1070. The lowest BCUT2D eigenvalue weighted by molar-refractivity contribution is -0.129. The number of nitrogens with zero attached hydrogens (tertiary/aromatic N) is 3. The molecular formula is C28H36N4O3. The summed E-state index contributed by atoms with van der Waals surface area (Å²) in [6.45, 7) is 5.98. The summed E-state index contributed by atoms with van der Waals surface area (Å²) in [5.41, 5.74) is 4.33. The first kappa shape index (κ1) is 23.8. The van der Waals surface area contributed by atoms with Crippen LogP contribution in [0.15, 0.2) is 48.5 Å². The molecule has 7 nitrogen and oxygen atoms in total. The molecule has 2 aromatic rings. The standard InChI is InChI=1S/C28H36N4O3/c1-20(33)30-14-10-24(11-15-30)29-25-8-4-7-22(17-25)28(35)32-16-12-26(27(34)19-32)31-13-9-21-5-2-3-6-23(21)18-31/h2-8,17,24,26-27,29,34H,9-16,18-19H2,1H3. The number of amides is 2. The maximum absolute atomic E-state index is 13.3. The number of piperidine rings is 2. The molecule has 0 aromatic heterocycles. The van der Waals surface area contributed by atoms with Gasteiger partial charge in [0, 0.05) is 69.5 Å². The Balaban J connectivity index is 1.17. The van der Waals surface area contributed by atoms with Crippen LogP contribution in [0.4, 0.5) is 5.69 Å². The number of fused-ring (bicyclic) bond motifs is 1. The number of hydrogen-bond acceptors (Lipinski definition) is 5. The summed E-state index contributed by atoms with van der Waals surface area (Å²) < 4.78 is 0. The summed E-state index contributed by atoms with van der Waals surface area (Å²) in [4.78, 5) is 30.9. The Morgan fingerprint density at radius 3 is 2.40 bits per heavy atom. The molecule has 3 aliphatic heterocycles. The number of likely N-dealkylation sites (tertiary alicyclic amines) is 2. The molecule has 2 saturated heterocycles. The van der Waals surface area contributed by atoms with Crippen molar-refractivity contribution < 1.29 is 14.7 Å². The van der Waals surface area contributed by atoms with E-state index in [0.717, 1.165) is 57.5 Å². The first-order valence-electron chi connectivity index (χ1n) is 12.9. The third-order valence-electron chi connectivity index (χ3n) is 7.88. The molecule has 3 heterocycles. The van der Waals surface area contributed by atoms with Gasteiger partial charge >= 0.3 is 0 Å². The molecule has 0 aliphatic carbocycles. The van der Waals surface area contributed by atoms with Crippen molar-refractivity contribution in [3.05, 3.63) is 65.2 Å². The lowest BCUT2D eigenvalue weighted by Crippen LogP contribution is -2.56. The average Bonchev–Trinajstić information content (AvgIpc) is 2.88. The molecule has 35 heavy (non-hydrogen) atoms. The first-order valence-corrected chi connectivity index (χ1v) is 12.9. The van der Waals surface area contributed by atoms with Crippen LogP contribution in [0.3, 0.4) is 0 Å². The predicted octanol–water partition coefficient (Wildman–Crippen LogP) is 2.74. The molecular weight excluding hydrogens is 440 g/mol. The first-order chi connectivity index (χ1) is 17.0. The van der Waals surface area contributed by atoms with Crippen molar-refractivity contribution in [3.8, 4) is 0 Å². The highest BCUT2D eigenvalue weighted by Gasteiger charge is 2.35. The molecule has 0 saturated carbocycles. The van der Waals surface area contributed by atoms with E-state index >= 15 is 0 Å². The smallest absolute Gasteiger partial charge is 0.254 e. The molecule has 2 aromatic carbocycles. The number of hydrogen-bond donors (Lipinski definition) is 2. The van der Waals surface area contributed by atoms with Gasteiger partial charge in [-0.1, -0.05) is 30.3 Å². The van der Waals surface area contributed by atoms with Crippen LogP contribution in [0.5, 0.6) is 0 Å². The van der Waals surface area contributed by atoms with Gasteiger partial charge in [0.25, 0.3) is 5.91 Å². The molecule has 0 bridgehead atoms. The number of benzene rings is 2. The van der Waals surface area contributed by atoms with E-state index in [1.54, 1.807) is 11.8 Å². The van der Waals surface area contributed by atoms with E-state index in [0.29, 0.717) is 24.7 Å². The Kier molecular flexibility index (Phi) is 7.07. The Hall–Kier alpha value is -2.90. The summed E-state index contributed by atoms with van der Waals surface area (Å²) in [6.07, 6.45) is 3.04. The van der Waals surface area contributed by atoms with E-state index in [4.69, 9.17) is 0 Å². The number of carbonyl (C=O) groups is 2. The number of β-amino-alcohol motifs (C(OH)–C–C–N with tert-alkyl or cyclic N) is 1.